The molecule has 0 N–H and O–H groups in total. The molecule has 150 valence electrons. The number of piperazine rings is 1. The number of likely N-dealkylation sites (N-methyl/N-ethyl adjacent to an activating group) is 1. The van der Waals surface area contributed by atoms with Crippen molar-refractivity contribution >= 4 is 5.91 Å². The molecule has 3 rings (SSSR count). The van der Waals surface area contributed by atoms with Crippen molar-refractivity contribution in [2.75, 3.05) is 67.0 Å². The van der Waals surface area contributed by atoms with E-state index in [1.807, 2.05) is 23.9 Å². The summed E-state index contributed by atoms with van der Waals surface area (Å²) in [6.45, 7) is 7.00. The maximum atomic E-state index is 13.2. The molecule has 2 fully saturated rings. The van der Waals surface area contributed by atoms with Gasteiger partial charge in [0.05, 0.1) is 0 Å². The maximum Gasteiger partial charge on any atom is 0.244 e. The summed E-state index contributed by atoms with van der Waals surface area (Å²) in [5.74, 6) is 0.633. The SMILES string of the molecule is CN1CCC(CN2CCN(C(=O)[C@@H](c3ccc(F)cc3)N(C)C)CC2)CC1. The van der Waals surface area contributed by atoms with Crippen molar-refractivity contribution in [1.29, 1.82) is 0 Å². The average molecular weight is 377 g/mol. The number of halogens is 1. The summed E-state index contributed by atoms with van der Waals surface area (Å²) in [7, 11) is 6.01. The zero-order valence-electron chi connectivity index (χ0n) is 16.9. The van der Waals surface area contributed by atoms with Crippen molar-refractivity contribution in [3.8, 4) is 0 Å². The van der Waals surface area contributed by atoms with Crippen LogP contribution >= 0.6 is 0 Å². The van der Waals surface area contributed by atoms with E-state index in [-0.39, 0.29) is 17.8 Å². The Bertz CT molecular complexity index is 605. The molecule has 2 aliphatic rings. The molecule has 0 spiro atoms. The van der Waals surface area contributed by atoms with Gasteiger partial charge >= 0.3 is 0 Å². The fraction of sp³-hybridized carbons (Fsp3) is 0.667. The van der Waals surface area contributed by atoms with E-state index in [0.717, 1.165) is 44.2 Å². The summed E-state index contributed by atoms with van der Waals surface area (Å²) in [4.78, 5) is 21.9. The maximum absolute atomic E-state index is 13.2. The Morgan fingerprint density at radius 1 is 1.07 bits per heavy atom. The standard InChI is InChI=1S/C21H33FN4O/c1-23(2)20(18-4-6-19(22)7-5-18)21(27)26-14-12-25(13-15-26)16-17-8-10-24(3)11-9-17/h4-7,17,20H,8-16H2,1-3H3/t20-/m1/s1. The number of hydrogen-bond acceptors (Lipinski definition) is 4. The van der Waals surface area contributed by atoms with Gasteiger partial charge in [0.15, 0.2) is 0 Å². The van der Waals surface area contributed by atoms with Crippen molar-refractivity contribution in [3.05, 3.63) is 35.6 Å². The lowest BCUT2D eigenvalue weighted by molar-refractivity contribution is -0.138. The second kappa shape index (κ2) is 9.13. The van der Waals surface area contributed by atoms with E-state index in [0.29, 0.717) is 0 Å². The zero-order chi connectivity index (χ0) is 19.4. The lowest BCUT2D eigenvalue weighted by atomic mass is 9.96. The van der Waals surface area contributed by atoms with Crippen LogP contribution in [0.15, 0.2) is 24.3 Å². The van der Waals surface area contributed by atoms with E-state index in [1.54, 1.807) is 12.1 Å². The molecule has 0 bridgehead atoms. The lowest BCUT2D eigenvalue weighted by Crippen LogP contribution is -2.52. The second-order valence-corrected chi connectivity index (χ2v) is 8.29. The Hall–Kier alpha value is -1.50. The highest BCUT2D eigenvalue weighted by Crippen LogP contribution is 2.23. The van der Waals surface area contributed by atoms with Crippen molar-refractivity contribution in [3.63, 3.8) is 0 Å². The van der Waals surface area contributed by atoms with Crippen LogP contribution in [0.2, 0.25) is 0 Å². The summed E-state index contributed by atoms with van der Waals surface area (Å²) < 4.78 is 13.2. The number of benzene rings is 1. The first-order valence-corrected chi connectivity index (χ1v) is 10.1. The Morgan fingerprint density at radius 2 is 1.67 bits per heavy atom. The molecule has 0 radical (unpaired) electrons. The molecule has 27 heavy (non-hydrogen) atoms. The molecular weight excluding hydrogens is 343 g/mol. The second-order valence-electron chi connectivity index (χ2n) is 8.29. The lowest BCUT2D eigenvalue weighted by Gasteiger charge is -2.40. The normalized spacial score (nSPS) is 21.6. The van der Waals surface area contributed by atoms with E-state index in [4.69, 9.17) is 0 Å². The third-order valence-electron chi connectivity index (χ3n) is 5.97. The first kappa shape index (κ1) is 20.2. The average Bonchev–Trinajstić information content (AvgIpc) is 2.65. The van der Waals surface area contributed by atoms with Gasteiger partial charge in [-0.1, -0.05) is 12.1 Å². The van der Waals surface area contributed by atoms with Gasteiger partial charge in [0.2, 0.25) is 5.91 Å². The molecule has 1 amide bonds. The highest BCUT2D eigenvalue weighted by atomic mass is 19.1. The smallest absolute Gasteiger partial charge is 0.244 e. The van der Waals surface area contributed by atoms with E-state index in [2.05, 4.69) is 16.8 Å². The number of amides is 1. The molecule has 5 nitrogen and oxygen atoms in total. The van der Waals surface area contributed by atoms with Crippen LogP contribution in [0.3, 0.4) is 0 Å². The quantitative estimate of drug-likeness (QED) is 0.785. The van der Waals surface area contributed by atoms with Crippen LogP contribution in [-0.2, 0) is 4.79 Å². The highest BCUT2D eigenvalue weighted by molar-refractivity contribution is 5.83. The molecule has 0 saturated carbocycles. The number of rotatable bonds is 5. The number of carbonyl (C=O) groups excluding carboxylic acids is 1. The highest BCUT2D eigenvalue weighted by Gasteiger charge is 2.31. The van der Waals surface area contributed by atoms with Gasteiger partial charge in [-0.2, -0.15) is 0 Å². The predicted octanol–water partition coefficient (Wildman–Crippen LogP) is 1.91. The largest absolute Gasteiger partial charge is 0.338 e. The monoisotopic (exact) mass is 376 g/mol. The van der Waals surface area contributed by atoms with Crippen LogP contribution in [0.5, 0.6) is 0 Å². The third kappa shape index (κ3) is 5.27. The minimum atomic E-state index is -0.356. The van der Waals surface area contributed by atoms with Crippen molar-refractivity contribution in [2.24, 2.45) is 5.92 Å². The van der Waals surface area contributed by atoms with Gasteiger partial charge in [-0.05, 0) is 70.7 Å². The molecule has 2 heterocycles. The predicted molar refractivity (Wildman–Crippen MR) is 106 cm³/mol. The van der Waals surface area contributed by atoms with E-state index < -0.39 is 0 Å². The van der Waals surface area contributed by atoms with Crippen LogP contribution in [0.25, 0.3) is 0 Å². The van der Waals surface area contributed by atoms with Gasteiger partial charge in [-0.15, -0.1) is 0 Å². The van der Waals surface area contributed by atoms with Crippen molar-refractivity contribution in [1.82, 2.24) is 19.6 Å². The number of hydrogen-bond donors (Lipinski definition) is 0. The number of likely N-dealkylation sites (tertiary alicyclic amines) is 1. The summed E-state index contributed by atoms with van der Waals surface area (Å²) in [5.41, 5.74) is 0.847. The van der Waals surface area contributed by atoms with Gasteiger partial charge in [-0.25, -0.2) is 4.39 Å². The molecule has 1 aromatic rings. The van der Waals surface area contributed by atoms with Gasteiger partial charge in [0, 0.05) is 32.7 Å². The summed E-state index contributed by atoms with van der Waals surface area (Å²) >= 11 is 0. The van der Waals surface area contributed by atoms with Gasteiger partial charge in [0.1, 0.15) is 11.9 Å². The Morgan fingerprint density at radius 3 is 2.22 bits per heavy atom. The van der Waals surface area contributed by atoms with Gasteiger partial charge in [0.25, 0.3) is 0 Å². The van der Waals surface area contributed by atoms with Crippen LogP contribution in [-0.4, -0.2) is 92.5 Å². The summed E-state index contributed by atoms with van der Waals surface area (Å²) in [6, 6.07) is 5.94. The van der Waals surface area contributed by atoms with Gasteiger partial charge in [-0.3, -0.25) is 14.6 Å². The molecule has 2 aliphatic heterocycles. The molecule has 0 aromatic heterocycles. The minimum Gasteiger partial charge on any atom is -0.338 e. The molecule has 0 aliphatic carbocycles. The van der Waals surface area contributed by atoms with E-state index in [9.17, 15) is 9.18 Å². The van der Waals surface area contributed by atoms with E-state index >= 15 is 0 Å². The summed E-state index contributed by atoms with van der Waals surface area (Å²) in [6.07, 6.45) is 2.56. The van der Waals surface area contributed by atoms with Crippen LogP contribution in [0.1, 0.15) is 24.4 Å². The van der Waals surface area contributed by atoms with E-state index in [1.165, 1.54) is 38.1 Å². The van der Waals surface area contributed by atoms with Crippen molar-refractivity contribution < 1.29 is 9.18 Å². The summed E-state index contributed by atoms with van der Waals surface area (Å²) in [5, 5.41) is 0. The Kier molecular flexibility index (Phi) is 6.84. The Balaban J connectivity index is 1.54. The first-order chi connectivity index (χ1) is 12.9. The molecule has 0 unspecified atom stereocenters. The Labute approximate surface area is 162 Å². The topological polar surface area (TPSA) is 30.0 Å². The number of piperidine rings is 1. The number of nitrogens with zero attached hydrogens (tertiary/aromatic N) is 4. The fourth-order valence-electron chi connectivity index (χ4n) is 4.24. The number of carbonyl (C=O) groups is 1. The molecule has 1 aromatic carbocycles. The third-order valence-corrected chi connectivity index (χ3v) is 5.97. The molecular formula is C21H33FN4O. The van der Waals surface area contributed by atoms with Crippen LogP contribution in [0.4, 0.5) is 4.39 Å². The van der Waals surface area contributed by atoms with Crippen molar-refractivity contribution in [2.45, 2.75) is 18.9 Å². The fourth-order valence-corrected chi connectivity index (χ4v) is 4.24. The first-order valence-electron chi connectivity index (χ1n) is 10.1. The van der Waals surface area contributed by atoms with Crippen LogP contribution < -0.4 is 0 Å². The molecule has 2 saturated heterocycles. The zero-order valence-corrected chi connectivity index (χ0v) is 16.9. The molecule has 1 atom stereocenters. The molecule has 6 heteroatoms. The van der Waals surface area contributed by atoms with Gasteiger partial charge < -0.3 is 9.80 Å². The minimum absolute atomic E-state index is 0.116. The van der Waals surface area contributed by atoms with Crippen LogP contribution in [0, 0.1) is 11.7 Å².